The highest BCUT2D eigenvalue weighted by atomic mass is 79.9. The number of hydrogen-bond acceptors (Lipinski definition) is 2. The first-order valence-corrected chi connectivity index (χ1v) is 7.82. The van der Waals surface area contributed by atoms with Gasteiger partial charge in [0.15, 0.2) is 0 Å². The molecule has 0 radical (unpaired) electrons. The van der Waals surface area contributed by atoms with Crippen molar-refractivity contribution in [2.45, 2.75) is 30.8 Å². The number of sulfonamides is 1. The summed E-state index contributed by atoms with van der Waals surface area (Å²) in [5.74, 6) is 0. The van der Waals surface area contributed by atoms with Crippen molar-refractivity contribution >= 4 is 26.0 Å². The van der Waals surface area contributed by atoms with Gasteiger partial charge in [-0.2, -0.15) is 13.2 Å². The van der Waals surface area contributed by atoms with Crippen molar-refractivity contribution < 1.29 is 21.6 Å². The van der Waals surface area contributed by atoms with Crippen LogP contribution in [0.15, 0.2) is 27.6 Å². The van der Waals surface area contributed by atoms with Gasteiger partial charge in [0.25, 0.3) is 0 Å². The topological polar surface area (TPSA) is 46.2 Å². The highest BCUT2D eigenvalue weighted by Crippen LogP contribution is 2.36. The lowest BCUT2D eigenvalue weighted by Crippen LogP contribution is -2.25. The maximum atomic E-state index is 12.7. The van der Waals surface area contributed by atoms with Gasteiger partial charge in [0, 0.05) is 11.0 Å². The maximum absolute atomic E-state index is 12.7. The summed E-state index contributed by atoms with van der Waals surface area (Å²) < 4.78 is 63.7. The van der Waals surface area contributed by atoms with Gasteiger partial charge in [0.1, 0.15) is 0 Å². The van der Waals surface area contributed by atoms with Crippen LogP contribution in [0.4, 0.5) is 13.2 Å². The summed E-state index contributed by atoms with van der Waals surface area (Å²) in [6, 6.07) is 2.84. The second-order valence-electron chi connectivity index (χ2n) is 3.89. The zero-order valence-corrected chi connectivity index (χ0v) is 12.5. The third-order valence-corrected chi connectivity index (χ3v) is 4.53. The molecular formula is C11H13BrF3NO2S. The molecule has 3 nitrogen and oxygen atoms in total. The number of rotatable bonds is 5. The highest BCUT2D eigenvalue weighted by Gasteiger charge is 2.34. The number of hydrogen-bond donors (Lipinski definition) is 1. The SMILES string of the molecule is CCCCNS(=O)(=O)c1ccc(Br)c(C(F)(F)F)c1. The predicted molar refractivity (Wildman–Crippen MR) is 69.2 cm³/mol. The normalized spacial score (nSPS) is 12.7. The number of nitrogens with one attached hydrogen (secondary N) is 1. The van der Waals surface area contributed by atoms with E-state index in [4.69, 9.17) is 0 Å². The molecule has 1 aromatic rings. The molecule has 0 aromatic heterocycles. The first-order chi connectivity index (χ1) is 8.68. The largest absolute Gasteiger partial charge is 0.417 e. The van der Waals surface area contributed by atoms with E-state index < -0.39 is 21.8 Å². The molecule has 0 aliphatic rings. The van der Waals surface area contributed by atoms with Crippen LogP contribution in [-0.4, -0.2) is 15.0 Å². The molecule has 108 valence electrons. The third-order valence-electron chi connectivity index (χ3n) is 2.38. The molecular weight excluding hydrogens is 347 g/mol. The number of benzene rings is 1. The van der Waals surface area contributed by atoms with E-state index >= 15 is 0 Å². The summed E-state index contributed by atoms with van der Waals surface area (Å²) in [5.41, 5.74) is -1.01. The molecule has 1 N–H and O–H groups in total. The highest BCUT2D eigenvalue weighted by molar-refractivity contribution is 9.10. The minimum atomic E-state index is -4.60. The lowest BCUT2D eigenvalue weighted by molar-refractivity contribution is -0.138. The average molecular weight is 360 g/mol. The van der Waals surface area contributed by atoms with Gasteiger partial charge in [0.05, 0.1) is 10.5 Å². The summed E-state index contributed by atoms with van der Waals surface area (Å²) >= 11 is 2.76. The van der Waals surface area contributed by atoms with Crippen LogP contribution >= 0.6 is 15.9 Å². The first-order valence-electron chi connectivity index (χ1n) is 5.55. The lowest BCUT2D eigenvalue weighted by Gasteiger charge is -2.12. The summed E-state index contributed by atoms with van der Waals surface area (Å²) in [6.07, 6.45) is -3.19. The van der Waals surface area contributed by atoms with Crippen LogP contribution in [-0.2, 0) is 16.2 Å². The Morgan fingerprint density at radius 3 is 2.47 bits per heavy atom. The van der Waals surface area contributed by atoms with Gasteiger partial charge in [0.2, 0.25) is 10.0 Å². The fourth-order valence-corrected chi connectivity index (χ4v) is 2.93. The van der Waals surface area contributed by atoms with Crippen molar-refractivity contribution in [3.05, 3.63) is 28.2 Å². The second-order valence-corrected chi connectivity index (χ2v) is 6.51. The van der Waals surface area contributed by atoms with Crippen LogP contribution in [0.3, 0.4) is 0 Å². The number of alkyl halides is 3. The molecule has 0 fully saturated rings. The summed E-state index contributed by atoms with van der Waals surface area (Å²) in [4.78, 5) is -0.390. The van der Waals surface area contributed by atoms with Gasteiger partial charge in [-0.05, 0) is 24.6 Å². The molecule has 0 aliphatic heterocycles. The molecule has 0 atom stereocenters. The molecule has 0 amide bonds. The summed E-state index contributed by atoms with van der Waals surface area (Å²) in [6.45, 7) is 2.09. The molecule has 1 rings (SSSR count). The minimum absolute atomic E-state index is 0.187. The standard InChI is InChI=1S/C11H13BrF3NO2S/c1-2-3-6-16-19(17,18)8-4-5-10(12)9(7-8)11(13,14)15/h4-5,7,16H,2-3,6H2,1H3. The Morgan fingerprint density at radius 1 is 1.32 bits per heavy atom. The van der Waals surface area contributed by atoms with Crippen LogP contribution in [0, 0.1) is 0 Å². The van der Waals surface area contributed by atoms with Crippen LogP contribution in [0.25, 0.3) is 0 Å². The second kappa shape index (κ2) is 6.23. The lowest BCUT2D eigenvalue weighted by atomic mass is 10.2. The fraction of sp³-hybridized carbons (Fsp3) is 0.455. The van der Waals surface area contributed by atoms with Crippen LogP contribution in [0.5, 0.6) is 0 Å². The molecule has 1 aromatic carbocycles. The quantitative estimate of drug-likeness (QED) is 0.817. The maximum Gasteiger partial charge on any atom is 0.417 e. The zero-order valence-electron chi connectivity index (χ0n) is 10.1. The van der Waals surface area contributed by atoms with Crippen molar-refractivity contribution in [1.29, 1.82) is 0 Å². The average Bonchev–Trinajstić information content (AvgIpc) is 2.27. The smallest absolute Gasteiger partial charge is 0.211 e. The minimum Gasteiger partial charge on any atom is -0.211 e. The fourth-order valence-electron chi connectivity index (χ4n) is 1.36. The van der Waals surface area contributed by atoms with Crippen molar-refractivity contribution in [3.63, 3.8) is 0 Å². The summed E-state index contributed by atoms with van der Waals surface area (Å²) in [7, 11) is -3.90. The Morgan fingerprint density at radius 2 is 1.95 bits per heavy atom. The molecule has 0 heterocycles. The van der Waals surface area contributed by atoms with Gasteiger partial charge < -0.3 is 0 Å². The van der Waals surface area contributed by atoms with E-state index in [-0.39, 0.29) is 15.9 Å². The van der Waals surface area contributed by atoms with E-state index in [0.29, 0.717) is 12.5 Å². The van der Waals surface area contributed by atoms with Crippen molar-refractivity contribution in [2.75, 3.05) is 6.54 Å². The zero-order chi connectivity index (χ0) is 14.7. The third kappa shape index (κ3) is 4.47. The Kier molecular flexibility index (Phi) is 5.40. The van der Waals surface area contributed by atoms with Gasteiger partial charge in [-0.1, -0.05) is 29.3 Å². The van der Waals surface area contributed by atoms with Gasteiger partial charge in [-0.15, -0.1) is 0 Å². The number of unbranched alkanes of at least 4 members (excludes halogenated alkanes) is 1. The van der Waals surface area contributed by atoms with Gasteiger partial charge in [-0.3, -0.25) is 0 Å². The van der Waals surface area contributed by atoms with E-state index in [1.807, 2.05) is 6.92 Å². The molecule has 0 saturated carbocycles. The summed E-state index contributed by atoms with van der Waals surface area (Å²) in [5, 5.41) is 0. The number of halogens is 4. The van der Waals surface area contributed by atoms with E-state index in [1.54, 1.807) is 0 Å². The molecule has 8 heteroatoms. The molecule has 19 heavy (non-hydrogen) atoms. The van der Waals surface area contributed by atoms with E-state index in [1.165, 1.54) is 0 Å². The molecule has 0 bridgehead atoms. The van der Waals surface area contributed by atoms with Crippen molar-refractivity contribution in [3.8, 4) is 0 Å². The molecule has 0 aliphatic carbocycles. The van der Waals surface area contributed by atoms with E-state index in [0.717, 1.165) is 18.6 Å². The predicted octanol–water partition coefficient (Wildman–Crippen LogP) is 3.55. The van der Waals surface area contributed by atoms with Crippen LogP contribution < -0.4 is 4.72 Å². The Labute approximate surface area is 118 Å². The molecule has 0 unspecified atom stereocenters. The Balaban J connectivity index is 3.09. The molecule has 0 spiro atoms. The van der Waals surface area contributed by atoms with Gasteiger partial charge >= 0.3 is 6.18 Å². The molecule has 0 saturated heterocycles. The van der Waals surface area contributed by atoms with E-state index in [2.05, 4.69) is 20.7 Å². The van der Waals surface area contributed by atoms with Crippen LogP contribution in [0.2, 0.25) is 0 Å². The monoisotopic (exact) mass is 359 g/mol. The van der Waals surface area contributed by atoms with Crippen molar-refractivity contribution in [2.24, 2.45) is 0 Å². The van der Waals surface area contributed by atoms with Gasteiger partial charge in [-0.25, -0.2) is 13.1 Å². The van der Waals surface area contributed by atoms with Crippen LogP contribution in [0.1, 0.15) is 25.3 Å². The van der Waals surface area contributed by atoms with Crippen molar-refractivity contribution in [1.82, 2.24) is 4.72 Å². The first kappa shape index (κ1) is 16.5. The Bertz CT molecular complexity index is 543. The Hall–Kier alpha value is -0.600. The van der Waals surface area contributed by atoms with E-state index in [9.17, 15) is 21.6 Å².